The second-order valence-electron chi connectivity index (χ2n) is 5.44. The Hall–Kier alpha value is -2.35. The van der Waals surface area contributed by atoms with E-state index < -0.39 is 29.7 Å². The van der Waals surface area contributed by atoms with Crippen molar-refractivity contribution in [2.75, 3.05) is 5.32 Å². The Morgan fingerprint density at radius 2 is 1.92 bits per heavy atom. The van der Waals surface area contributed by atoms with Gasteiger partial charge in [0.1, 0.15) is 0 Å². The zero-order valence-corrected chi connectivity index (χ0v) is 14.1. The van der Waals surface area contributed by atoms with Crippen molar-refractivity contribution in [3.05, 3.63) is 63.6 Å². The summed E-state index contributed by atoms with van der Waals surface area (Å²) in [5, 5.41) is 2.37. The smallest absolute Gasteiger partial charge is 0.417 e. The molecule has 8 heteroatoms. The fourth-order valence-electron chi connectivity index (χ4n) is 2.52. The lowest BCUT2D eigenvalue weighted by molar-refractivity contribution is -0.138. The fraction of sp³-hybridized carbons (Fsp3) is 0.176. The van der Waals surface area contributed by atoms with E-state index in [0.717, 1.165) is 6.07 Å². The topological polar surface area (TPSA) is 55.4 Å². The number of anilines is 1. The van der Waals surface area contributed by atoms with Gasteiger partial charge in [-0.15, -0.1) is 0 Å². The SMILES string of the molecule is O=C1OC(C(=O)Nc2ccc(Br)c(C(F)(F)F)c2)Cc2ccccc21. The molecule has 0 bridgehead atoms. The molecule has 1 atom stereocenters. The van der Waals surface area contributed by atoms with Crippen LogP contribution in [0.1, 0.15) is 21.5 Å². The zero-order valence-electron chi connectivity index (χ0n) is 12.6. The Balaban J connectivity index is 1.79. The van der Waals surface area contributed by atoms with Crippen LogP contribution >= 0.6 is 15.9 Å². The number of alkyl halides is 3. The van der Waals surface area contributed by atoms with Gasteiger partial charge in [-0.25, -0.2) is 4.79 Å². The summed E-state index contributed by atoms with van der Waals surface area (Å²) in [6, 6.07) is 10.1. The Bertz CT molecular complexity index is 851. The molecule has 1 unspecified atom stereocenters. The highest BCUT2D eigenvalue weighted by Crippen LogP contribution is 2.36. The average molecular weight is 414 g/mol. The first-order valence-electron chi connectivity index (χ1n) is 7.22. The summed E-state index contributed by atoms with van der Waals surface area (Å²) in [5.41, 5.74) is 0.104. The van der Waals surface area contributed by atoms with Gasteiger partial charge >= 0.3 is 12.1 Å². The second-order valence-corrected chi connectivity index (χ2v) is 6.29. The van der Waals surface area contributed by atoms with Gasteiger partial charge in [0.05, 0.1) is 11.1 Å². The van der Waals surface area contributed by atoms with Gasteiger partial charge in [0.15, 0.2) is 6.10 Å². The first-order chi connectivity index (χ1) is 11.8. The molecular formula is C17H11BrF3NO3. The summed E-state index contributed by atoms with van der Waals surface area (Å²) in [4.78, 5) is 24.2. The number of hydrogen-bond acceptors (Lipinski definition) is 3. The predicted molar refractivity (Wildman–Crippen MR) is 87.1 cm³/mol. The molecule has 1 heterocycles. The van der Waals surface area contributed by atoms with Crippen LogP contribution in [0.5, 0.6) is 0 Å². The number of ether oxygens (including phenoxy) is 1. The van der Waals surface area contributed by atoms with Crippen LogP contribution in [0.25, 0.3) is 0 Å². The van der Waals surface area contributed by atoms with Gasteiger partial charge in [0.25, 0.3) is 5.91 Å². The van der Waals surface area contributed by atoms with E-state index in [0.29, 0.717) is 11.1 Å². The highest BCUT2D eigenvalue weighted by Gasteiger charge is 2.34. The summed E-state index contributed by atoms with van der Waals surface area (Å²) in [5.74, 6) is -1.31. The van der Waals surface area contributed by atoms with E-state index in [9.17, 15) is 22.8 Å². The van der Waals surface area contributed by atoms with Crippen molar-refractivity contribution in [2.24, 2.45) is 0 Å². The lowest BCUT2D eigenvalue weighted by Crippen LogP contribution is -2.38. The molecule has 0 saturated carbocycles. The van der Waals surface area contributed by atoms with Gasteiger partial charge in [0.2, 0.25) is 0 Å². The number of amides is 1. The van der Waals surface area contributed by atoms with Crippen LogP contribution in [0.4, 0.5) is 18.9 Å². The van der Waals surface area contributed by atoms with E-state index in [1.165, 1.54) is 12.1 Å². The molecule has 130 valence electrons. The Labute approximate surface area is 149 Å². The minimum Gasteiger partial charge on any atom is -0.448 e. The van der Waals surface area contributed by atoms with Gasteiger partial charge in [-0.05, 0) is 29.8 Å². The van der Waals surface area contributed by atoms with E-state index >= 15 is 0 Å². The maximum Gasteiger partial charge on any atom is 0.417 e. The molecule has 0 aliphatic carbocycles. The monoisotopic (exact) mass is 413 g/mol. The molecule has 0 saturated heterocycles. The van der Waals surface area contributed by atoms with E-state index in [1.54, 1.807) is 24.3 Å². The van der Waals surface area contributed by atoms with Crippen LogP contribution in [0.3, 0.4) is 0 Å². The maximum absolute atomic E-state index is 12.9. The third kappa shape index (κ3) is 3.68. The van der Waals surface area contributed by atoms with Crippen LogP contribution in [-0.2, 0) is 22.1 Å². The quantitative estimate of drug-likeness (QED) is 0.751. The number of carbonyl (C=O) groups excluding carboxylic acids is 2. The van der Waals surface area contributed by atoms with Crippen molar-refractivity contribution in [3.8, 4) is 0 Å². The first-order valence-corrected chi connectivity index (χ1v) is 8.01. The van der Waals surface area contributed by atoms with Crippen LogP contribution in [0.15, 0.2) is 46.9 Å². The minimum atomic E-state index is -4.56. The van der Waals surface area contributed by atoms with E-state index in [4.69, 9.17) is 4.74 Å². The number of carbonyl (C=O) groups is 2. The normalized spacial score (nSPS) is 16.8. The van der Waals surface area contributed by atoms with E-state index in [1.807, 2.05) is 0 Å². The lowest BCUT2D eigenvalue weighted by atomic mass is 9.98. The lowest BCUT2D eigenvalue weighted by Gasteiger charge is -2.24. The predicted octanol–water partition coefficient (Wildman–Crippen LogP) is 4.19. The fourth-order valence-corrected chi connectivity index (χ4v) is 2.99. The number of esters is 1. The summed E-state index contributed by atoms with van der Waals surface area (Å²) in [6.45, 7) is 0. The number of fused-ring (bicyclic) bond motifs is 1. The van der Waals surface area contributed by atoms with Crippen molar-refractivity contribution in [3.63, 3.8) is 0 Å². The Morgan fingerprint density at radius 1 is 1.20 bits per heavy atom. The third-order valence-electron chi connectivity index (χ3n) is 3.72. The maximum atomic E-state index is 12.9. The van der Waals surface area contributed by atoms with Gasteiger partial charge in [0, 0.05) is 16.6 Å². The molecule has 4 nitrogen and oxygen atoms in total. The summed E-state index contributed by atoms with van der Waals surface area (Å²) >= 11 is 2.83. The summed E-state index contributed by atoms with van der Waals surface area (Å²) < 4.78 is 43.7. The number of benzene rings is 2. The van der Waals surface area contributed by atoms with Crippen molar-refractivity contribution in [1.29, 1.82) is 0 Å². The molecule has 3 rings (SSSR count). The Kier molecular flexibility index (Phi) is 4.55. The third-order valence-corrected chi connectivity index (χ3v) is 4.42. The largest absolute Gasteiger partial charge is 0.448 e. The molecule has 0 fully saturated rings. The van der Waals surface area contributed by atoms with Crippen LogP contribution < -0.4 is 5.32 Å². The molecule has 0 radical (unpaired) electrons. The van der Waals surface area contributed by atoms with Crippen LogP contribution in [-0.4, -0.2) is 18.0 Å². The number of cyclic esters (lactones) is 1. The second kappa shape index (κ2) is 6.51. The number of halogens is 4. The molecule has 0 aromatic heterocycles. The molecular weight excluding hydrogens is 403 g/mol. The van der Waals surface area contributed by atoms with Gasteiger partial charge in [-0.2, -0.15) is 13.2 Å². The molecule has 1 aliphatic rings. The zero-order chi connectivity index (χ0) is 18.2. The molecule has 0 spiro atoms. The highest BCUT2D eigenvalue weighted by molar-refractivity contribution is 9.10. The van der Waals surface area contributed by atoms with Gasteiger partial charge in [-0.3, -0.25) is 4.79 Å². The van der Waals surface area contributed by atoms with Crippen molar-refractivity contribution in [1.82, 2.24) is 0 Å². The standard InChI is InChI=1S/C17H11BrF3NO3/c18-13-6-5-10(8-12(13)17(19,20)21)22-15(23)14-7-9-3-1-2-4-11(9)16(24)25-14/h1-6,8,14H,7H2,(H,22,23). The Morgan fingerprint density at radius 3 is 2.64 bits per heavy atom. The molecule has 2 aromatic carbocycles. The van der Waals surface area contributed by atoms with Crippen molar-refractivity contribution >= 4 is 33.5 Å². The van der Waals surface area contributed by atoms with E-state index in [2.05, 4.69) is 21.2 Å². The molecule has 1 N–H and O–H groups in total. The van der Waals surface area contributed by atoms with Gasteiger partial charge < -0.3 is 10.1 Å². The molecule has 2 aromatic rings. The molecule has 1 amide bonds. The number of hydrogen-bond donors (Lipinski definition) is 1. The van der Waals surface area contributed by atoms with Crippen LogP contribution in [0.2, 0.25) is 0 Å². The summed E-state index contributed by atoms with van der Waals surface area (Å²) in [7, 11) is 0. The van der Waals surface area contributed by atoms with Crippen molar-refractivity contribution < 1.29 is 27.5 Å². The average Bonchev–Trinajstić information content (AvgIpc) is 2.55. The molecule has 25 heavy (non-hydrogen) atoms. The highest BCUT2D eigenvalue weighted by atomic mass is 79.9. The van der Waals surface area contributed by atoms with E-state index in [-0.39, 0.29) is 16.6 Å². The number of nitrogens with one attached hydrogen (secondary N) is 1. The number of rotatable bonds is 2. The molecule has 1 aliphatic heterocycles. The van der Waals surface area contributed by atoms with Crippen molar-refractivity contribution in [2.45, 2.75) is 18.7 Å². The minimum absolute atomic E-state index is 0.0320. The first kappa shape index (κ1) is 17.5. The summed E-state index contributed by atoms with van der Waals surface area (Å²) in [6.07, 6.45) is -5.49. The van der Waals surface area contributed by atoms with Crippen LogP contribution in [0, 0.1) is 0 Å². The van der Waals surface area contributed by atoms with Gasteiger partial charge in [-0.1, -0.05) is 34.1 Å².